The van der Waals surface area contributed by atoms with Crippen molar-refractivity contribution < 1.29 is 0 Å². The first-order valence-corrected chi connectivity index (χ1v) is 5.13. The zero-order valence-electron chi connectivity index (χ0n) is 8.34. The van der Waals surface area contributed by atoms with Crippen molar-refractivity contribution in [3.63, 3.8) is 0 Å². The Kier molecular flexibility index (Phi) is 3.62. The molecule has 0 heterocycles. The second-order valence-corrected chi connectivity index (χ2v) is 4.12. The summed E-state index contributed by atoms with van der Waals surface area (Å²) in [7, 11) is 0. The monoisotopic (exact) mass is 164 g/mol. The van der Waals surface area contributed by atoms with Gasteiger partial charge in [0, 0.05) is 0 Å². The number of rotatable bonds is 2. The molecule has 0 bridgehead atoms. The van der Waals surface area contributed by atoms with Gasteiger partial charge in [0.05, 0.1) is 0 Å². The summed E-state index contributed by atoms with van der Waals surface area (Å²) in [5, 5.41) is 0. The van der Waals surface area contributed by atoms with E-state index in [1.54, 1.807) is 0 Å². The fourth-order valence-corrected chi connectivity index (χ4v) is 2.36. The van der Waals surface area contributed by atoms with Crippen LogP contribution in [0.5, 0.6) is 0 Å². The number of hydrogen-bond donors (Lipinski definition) is 0. The van der Waals surface area contributed by atoms with E-state index >= 15 is 0 Å². The Morgan fingerprint density at radius 2 is 2.25 bits per heavy atom. The summed E-state index contributed by atoms with van der Waals surface area (Å²) in [4.78, 5) is 0. The van der Waals surface area contributed by atoms with Crippen LogP contribution in [0, 0.1) is 17.8 Å². The molecule has 1 aliphatic carbocycles. The van der Waals surface area contributed by atoms with Gasteiger partial charge in [0.15, 0.2) is 0 Å². The van der Waals surface area contributed by atoms with Crippen LogP contribution in [-0.4, -0.2) is 0 Å². The molecule has 1 rings (SSSR count). The van der Waals surface area contributed by atoms with E-state index in [1.165, 1.54) is 25.7 Å². The van der Waals surface area contributed by atoms with Crippen molar-refractivity contribution in [1.29, 1.82) is 0 Å². The topological polar surface area (TPSA) is 0 Å². The van der Waals surface area contributed by atoms with Crippen LogP contribution in [0.15, 0.2) is 18.4 Å². The highest BCUT2D eigenvalue weighted by Crippen LogP contribution is 2.35. The molecule has 0 amide bonds. The maximum absolute atomic E-state index is 3.66. The Morgan fingerprint density at radius 3 is 2.83 bits per heavy atom. The number of allylic oxidation sites excluding steroid dienone is 1. The van der Waals surface area contributed by atoms with Gasteiger partial charge < -0.3 is 0 Å². The van der Waals surface area contributed by atoms with Crippen molar-refractivity contribution in [3.05, 3.63) is 18.4 Å². The second kappa shape index (κ2) is 4.52. The normalized spacial score (nSPS) is 35.7. The Hall–Kier alpha value is -0.480. The van der Waals surface area contributed by atoms with Gasteiger partial charge in [-0.25, -0.2) is 0 Å². The Labute approximate surface area is 76.4 Å². The van der Waals surface area contributed by atoms with Gasteiger partial charge in [-0.15, -0.1) is 5.73 Å². The van der Waals surface area contributed by atoms with Crippen LogP contribution in [0.2, 0.25) is 0 Å². The van der Waals surface area contributed by atoms with Gasteiger partial charge in [0.2, 0.25) is 0 Å². The zero-order chi connectivity index (χ0) is 8.97. The van der Waals surface area contributed by atoms with Crippen LogP contribution in [0.4, 0.5) is 0 Å². The fourth-order valence-electron chi connectivity index (χ4n) is 2.36. The van der Waals surface area contributed by atoms with E-state index in [-0.39, 0.29) is 0 Å². The SMILES string of the molecule is C=C=CC1CCC(C)CC1CC. The molecule has 1 saturated carbocycles. The third-order valence-electron chi connectivity index (χ3n) is 3.16. The molecule has 0 radical (unpaired) electrons. The highest BCUT2D eigenvalue weighted by atomic mass is 14.3. The van der Waals surface area contributed by atoms with E-state index in [9.17, 15) is 0 Å². The predicted octanol–water partition coefficient (Wildman–Crippen LogP) is 3.79. The van der Waals surface area contributed by atoms with Gasteiger partial charge >= 0.3 is 0 Å². The molecule has 0 aromatic rings. The van der Waals surface area contributed by atoms with Crippen LogP contribution >= 0.6 is 0 Å². The van der Waals surface area contributed by atoms with Crippen molar-refractivity contribution in [2.24, 2.45) is 17.8 Å². The minimum absolute atomic E-state index is 0.767. The van der Waals surface area contributed by atoms with Gasteiger partial charge in [-0.3, -0.25) is 0 Å². The summed E-state index contributed by atoms with van der Waals surface area (Å²) < 4.78 is 0. The third kappa shape index (κ3) is 2.25. The standard InChI is InChI=1S/C12H20/c1-4-6-12-8-7-10(3)9-11(12)5-2/h6,10-12H,1,5,7-9H2,2-3H3. The summed E-state index contributed by atoms with van der Waals surface area (Å²) in [5.74, 6) is 2.59. The molecule has 68 valence electrons. The lowest BCUT2D eigenvalue weighted by atomic mass is 9.73. The highest BCUT2D eigenvalue weighted by Gasteiger charge is 2.25. The summed E-state index contributed by atoms with van der Waals surface area (Å²) in [6, 6.07) is 0. The maximum atomic E-state index is 3.66. The lowest BCUT2D eigenvalue weighted by Crippen LogP contribution is -2.21. The molecule has 0 heteroatoms. The van der Waals surface area contributed by atoms with Gasteiger partial charge in [-0.2, -0.15) is 0 Å². The Bertz CT molecular complexity index is 174. The van der Waals surface area contributed by atoms with Crippen LogP contribution in [0.25, 0.3) is 0 Å². The Morgan fingerprint density at radius 1 is 1.50 bits per heavy atom. The van der Waals surface area contributed by atoms with Crippen molar-refractivity contribution >= 4 is 0 Å². The lowest BCUT2D eigenvalue weighted by molar-refractivity contribution is 0.220. The molecule has 1 fully saturated rings. The highest BCUT2D eigenvalue weighted by molar-refractivity contribution is 4.91. The van der Waals surface area contributed by atoms with Gasteiger partial charge in [0.1, 0.15) is 0 Å². The van der Waals surface area contributed by atoms with E-state index < -0.39 is 0 Å². The molecule has 1 aliphatic rings. The van der Waals surface area contributed by atoms with Crippen molar-refractivity contribution in [2.75, 3.05) is 0 Å². The molecule has 0 aromatic heterocycles. The molecule has 0 aliphatic heterocycles. The van der Waals surface area contributed by atoms with E-state index in [0.717, 1.165) is 17.8 Å². The first kappa shape index (κ1) is 9.61. The van der Waals surface area contributed by atoms with Crippen LogP contribution < -0.4 is 0 Å². The molecule has 0 spiro atoms. The number of hydrogen-bond acceptors (Lipinski definition) is 0. The summed E-state index contributed by atoms with van der Waals surface area (Å²) in [6.07, 6.45) is 7.63. The second-order valence-electron chi connectivity index (χ2n) is 4.12. The largest absolute Gasteiger partial charge is 0.133 e. The molecule has 0 N–H and O–H groups in total. The van der Waals surface area contributed by atoms with Gasteiger partial charge in [0.25, 0.3) is 0 Å². The van der Waals surface area contributed by atoms with E-state index in [1.807, 2.05) is 0 Å². The zero-order valence-corrected chi connectivity index (χ0v) is 8.34. The minimum atomic E-state index is 0.767. The van der Waals surface area contributed by atoms with Crippen molar-refractivity contribution in [3.8, 4) is 0 Å². The summed E-state index contributed by atoms with van der Waals surface area (Å²) in [5.41, 5.74) is 2.94. The van der Waals surface area contributed by atoms with Gasteiger partial charge in [-0.05, 0) is 36.7 Å². The van der Waals surface area contributed by atoms with Gasteiger partial charge in [-0.1, -0.05) is 33.3 Å². The van der Waals surface area contributed by atoms with Crippen LogP contribution in [0.1, 0.15) is 39.5 Å². The smallest absolute Gasteiger partial charge is 0.0129 e. The summed E-state index contributed by atoms with van der Waals surface area (Å²) >= 11 is 0. The molecular formula is C12H20. The van der Waals surface area contributed by atoms with E-state index in [4.69, 9.17) is 0 Å². The molecule has 3 atom stereocenters. The average molecular weight is 164 g/mol. The molecule has 0 nitrogen and oxygen atoms in total. The Balaban J connectivity index is 2.55. The average Bonchev–Trinajstić information content (AvgIpc) is 2.08. The molecule has 0 saturated heterocycles. The molecular weight excluding hydrogens is 144 g/mol. The molecule has 0 aromatic carbocycles. The minimum Gasteiger partial charge on any atom is -0.133 e. The molecule has 3 unspecified atom stereocenters. The van der Waals surface area contributed by atoms with Crippen LogP contribution in [-0.2, 0) is 0 Å². The third-order valence-corrected chi connectivity index (χ3v) is 3.16. The summed E-state index contributed by atoms with van der Waals surface area (Å²) in [6.45, 7) is 8.33. The fraction of sp³-hybridized carbons (Fsp3) is 0.750. The first-order chi connectivity index (χ1) is 5.77. The first-order valence-electron chi connectivity index (χ1n) is 5.13. The van der Waals surface area contributed by atoms with Crippen molar-refractivity contribution in [1.82, 2.24) is 0 Å². The van der Waals surface area contributed by atoms with Crippen molar-refractivity contribution in [2.45, 2.75) is 39.5 Å². The lowest BCUT2D eigenvalue weighted by Gasteiger charge is -2.32. The van der Waals surface area contributed by atoms with E-state index in [0.29, 0.717) is 0 Å². The van der Waals surface area contributed by atoms with Crippen LogP contribution in [0.3, 0.4) is 0 Å². The van der Waals surface area contributed by atoms with E-state index in [2.05, 4.69) is 32.2 Å². The predicted molar refractivity (Wildman–Crippen MR) is 54.0 cm³/mol. The molecule has 12 heavy (non-hydrogen) atoms. The maximum Gasteiger partial charge on any atom is -0.0129 e. The quantitative estimate of drug-likeness (QED) is 0.545.